The van der Waals surface area contributed by atoms with Crippen LogP contribution in [0.15, 0.2) is 0 Å². The Balaban J connectivity index is 2.72. The molecule has 0 saturated carbocycles. The van der Waals surface area contributed by atoms with E-state index in [-0.39, 0.29) is 10.2 Å². The van der Waals surface area contributed by atoms with Crippen LogP contribution in [0.3, 0.4) is 0 Å². The molecule has 3 nitrogen and oxygen atoms in total. The van der Waals surface area contributed by atoms with Crippen LogP contribution in [0.25, 0.3) is 0 Å². The fourth-order valence-electron chi connectivity index (χ4n) is 2.68. The van der Waals surface area contributed by atoms with Crippen molar-refractivity contribution >= 4 is 11.0 Å². The van der Waals surface area contributed by atoms with Crippen LogP contribution in [-0.2, 0) is 15.7 Å². The fourth-order valence-corrected chi connectivity index (χ4v) is 3.41. The second kappa shape index (κ2) is 5.15. The molecule has 1 aliphatic rings. The second-order valence-electron chi connectivity index (χ2n) is 5.87. The molecule has 0 aromatic rings. The van der Waals surface area contributed by atoms with E-state index in [0.717, 1.165) is 32.5 Å². The lowest BCUT2D eigenvalue weighted by Crippen LogP contribution is -2.50. The van der Waals surface area contributed by atoms with E-state index in [9.17, 15) is 4.21 Å². The van der Waals surface area contributed by atoms with Gasteiger partial charge in [-0.05, 0) is 32.1 Å². The first-order valence-corrected chi connectivity index (χ1v) is 7.29. The summed E-state index contributed by atoms with van der Waals surface area (Å²) in [6.45, 7) is 10.2. The maximum absolute atomic E-state index is 11.6. The van der Waals surface area contributed by atoms with Crippen molar-refractivity contribution < 1.29 is 8.95 Å². The molecule has 16 heavy (non-hydrogen) atoms. The predicted molar refractivity (Wildman–Crippen MR) is 68.3 cm³/mol. The van der Waals surface area contributed by atoms with E-state index in [1.165, 1.54) is 0 Å². The molecule has 1 fully saturated rings. The molecule has 1 saturated heterocycles. The molecule has 0 spiro atoms. The zero-order chi connectivity index (χ0) is 12.4. The Bertz CT molecular complexity index is 264. The van der Waals surface area contributed by atoms with E-state index >= 15 is 0 Å². The zero-order valence-corrected chi connectivity index (χ0v) is 11.7. The first-order valence-electron chi connectivity index (χ1n) is 6.08. The minimum atomic E-state index is -1.25. The first kappa shape index (κ1) is 14.1. The van der Waals surface area contributed by atoms with Crippen molar-refractivity contribution in [1.82, 2.24) is 0 Å². The molecule has 2 N–H and O–H groups in total. The summed E-state index contributed by atoms with van der Waals surface area (Å²) in [7, 11) is -1.25. The molecule has 2 unspecified atom stereocenters. The third-order valence-electron chi connectivity index (χ3n) is 3.64. The summed E-state index contributed by atoms with van der Waals surface area (Å²) in [4.78, 5) is 0. The lowest BCUT2D eigenvalue weighted by molar-refractivity contribution is -0.131. The van der Waals surface area contributed by atoms with Gasteiger partial charge >= 0.3 is 0 Å². The van der Waals surface area contributed by atoms with Gasteiger partial charge in [0.15, 0.2) is 0 Å². The highest BCUT2D eigenvalue weighted by Crippen LogP contribution is 2.43. The summed E-state index contributed by atoms with van der Waals surface area (Å²) in [6, 6.07) is 0. The molecule has 96 valence electrons. The Hall–Kier alpha value is 0.0700. The monoisotopic (exact) mass is 247 g/mol. The molecule has 0 amide bonds. The van der Waals surface area contributed by atoms with Gasteiger partial charge < -0.3 is 4.74 Å². The Labute approximate surface area is 102 Å². The van der Waals surface area contributed by atoms with Crippen LogP contribution in [0.4, 0.5) is 0 Å². The molecule has 0 radical (unpaired) electrons. The van der Waals surface area contributed by atoms with Gasteiger partial charge in [0.2, 0.25) is 0 Å². The highest BCUT2D eigenvalue weighted by Gasteiger charge is 2.45. The molecule has 1 rings (SSSR count). The van der Waals surface area contributed by atoms with Crippen molar-refractivity contribution in [2.45, 2.75) is 51.7 Å². The van der Waals surface area contributed by atoms with Crippen LogP contribution in [0.5, 0.6) is 0 Å². The number of rotatable bonds is 6. The fraction of sp³-hybridized carbons (Fsp3) is 1.00. The minimum Gasteiger partial charge on any atom is -0.380 e. The van der Waals surface area contributed by atoms with E-state index in [2.05, 4.69) is 20.8 Å². The SMILES string of the molecule is CCC(C)(CC1(CC(C)C)COC1)S(N)=O. The number of ether oxygens (including phenoxy) is 1. The largest absolute Gasteiger partial charge is 0.380 e. The smallest absolute Gasteiger partial charge is 0.0948 e. The topological polar surface area (TPSA) is 52.3 Å². The average Bonchev–Trinajstić information content (AvgIpc) is 2.13. The maximum atomic E-state index is 11.6. The third-order valence-corrected chi connectivity index (χ3v) is 5.04. The van der Waals surface area contributed by atoms with Gasteiger partial charge in [-0.15, -0.1) is 0 Å². The molecule has 1 aliphatic heterocycles. The van der Waals surface area contributed by atoms with Gasteiger partial charge in [0.05, 0.1) is 28.9 Å². The van der Waals surface area contributed by atoms with Crippen molar-refractivity contribution in [1.29, 1.82) is 0 Å². The summed E-state index contributed by atoms with van der Waals surface area (Å²) < 4.78 is 16.8. The van der Waals surface area contributed by atoms with E-state index in [0.29, 0.717) is 5.92 Å². The van der Waals surface area contributed by atoms with E-state index in [1.807, 2.05) is 6.92 Å². The summed E-state index contributed by atoms with van der Waals surface area (Å²) in [5.41, 5.74) is 0.216. The van der Waals surface area contributed by atoms with Crippen LogP contribution in [0.1, 0.15) is 47.0 Å². The van der Waals surface area contributed by atoms with Crippen LogP contribution < -0.4 is 5.14 Å². The summed E-state index contributed by atoms with van der Waals surface area (Å²) in [6.07, 6.45) is 2.91. The van der Waals surface area contributed by atoms with Crippen molar-refractivity contribution in [2.24, 2.45) is 16.5 Å². The van der Waals surface area contributed by atoms with Crippen molar-refractivity contribution in [3.63, 3.8) is 0 Å². The lowest BCUT2D eigenvalue weighted by Gasteiger charge is -2.47. The zero-order valence-electron chi connectivity index (χ0n) is 10.9. The van der Waals surface area contributed by atoms with Crippen LogP contribution >= 0.6 is 0 Å². The number of hydrogen-bond acceptors (Lipinski definition) is 2. The van der Waals surface area contributed by atoms with E-state index in [4.69, 9.17) is 9.88 Å². The number of nitrogens with two attached hydrogens (primary N) is 1. The third kappa shape index (κ3) is 3.05. The molecule has 0 aliphatic carbocycles. The summed E-state index contributed by atoms with van der Waals surface area (Å²) in [5, 5.41) is 5.63. The van der Waals surface area contributed by atoms with Gasteiger partial charge in [-0.2, -0.15) is 0 Å². The van der Waals surface area contributed by atoms with Gasteiger partial charge in [0.25, 0.3) is 0 Å². The van der Waals surface area contributed by atoms with Gasteiger partial charge in [-0.1, -0.05) is 20.8 Å². The molecule has 4 heteroatoms. The molecular formula is C12H25NO2S. The Morgan fingerprint density at radius 1 is 1.50 bits per heavy atom. The predicted octanol–water partition coefficient (Wildman–Crippen LogP) is 2.23. The Morgan fingerprint density at radius 3 is 2.31 bits per heavy atom. The van der Waals surface area contributed by atoms with Gasteiger partial charge in [-0.25, -0.2) is 4.21 Å². The Morgan fingerprint density at radius 2 is 2.06 bits per heavy atom. The van der Waals surface area contributed by atoms with E-state index < -0.39 is 11.0 Å². The normalized spacial score (nSPS) is 24.9. The quantitative estimate of drug-likeness (QED) is 0.782. The maximum Gasteiger partial charge on any atom is 0.0948 e. The molecule has 0 aromatic carbocycles. The molecule has 2 atom stereocenters. The van der Waals surface area contributed by atoms with Crippen LogP contribution in [0.2, 0.25) is 0 Å². The minimum absolute atomic E-state index is 0.216. The second-order valence-corrected chi connectivity index (χ2v) is 7.45. The van der Waals surface area contributed by atoms with Crippen molar-refractivity contribution in [3.05, 3.63) is 0 Å². The summed E-state index contributed by atoms with van der Waals surface area (Å²) >= 11 is 0. The van der Waals surface area contributed by atoms with Crippen molar-refractivity contribution in [2.75, 3.05) is 13.2 Å². The van der Waals surface area contributed by atoms with Gasteiger partial charge in [-0.3, -0.25) is 5.14 Å². The molecule has 0 bridgehead atoms. The lowest BCUT2D eigenvalue weighted by atomic mass is 9.72. The molecule has 1 heterocycles. The standard InChI is InChI=1S/C12H25NO2S/c1-5-11(4,16(13)14)7-12(6-10(2)3)8-15-9-12/h10H,5-9,13H2,1-4H3. The van der Waals surface area contributed by atoms with Crippen LogP contribution in [-0.4, -0.2) is 22.2 Å². The Kier molecular flexibility index (Phi) is 4.55. The van der Waals surface area contributed by atoms with Gasteiger partial charge in [0, 0.05) is 5.41 Å². The number of hydrogen-bond donors (Lipinski definition) is 1. The van der Waals surface area contributed by atoms with Crippen LogP contribution in [0, 0.1) is 11.3 Å². The van der Waals surface area contributed by atoms with E-state index in [1.54, 1.807) is 0 Å². The molecular weight excluding hydrogens is 222 g/mol. The van der Waals surface area contributed by atoms with Gasteiger partial charge in [0.1, 0.15) is 0 Å². The average molecular weight is 247 g/mol. The molecule has 0 aromatic heterocycles. The highest BCUT2D eigenvalue weighted by molar-refractivity contribution is 7.84. The highest BCUT2D eigenvalue weighted by atomic mass is 32.2. The summed E-state index contributed by atoms with van der Waals surface area (Å²) in [5.74, 6) is 0.649. The first-order chi connectivity index (χ1) is 7.33. The van der Waals surface area contributed by atoms with Crippen molar-refractivity contribution in [3.8, 4) is 0 Å².